The van der Waals surface area contributed by atoms with E-state index in [-0.39, 0.29) is 28.4 Å². The Balaban J connectivity index is 2.20. The van der Waals surface area contributed by atoms with E-state index in [1.54, 1.807) is 13.8 Å². The molecular weight excluding hydrogens is 347 g/mol. The minimum Gasteiger partial charge on any atom is -0.491 e. The van der Waals surface area contributed by atoms with Crippen LogP contribution >= 0.6 is 0 Å². The molecule has 0 unspecified atom stereocenters. The van der Waals surface area contributed by atoms with E-state index >= 15 is 0 Å². The molecule has 0 heterocycles. The molecule has 0 bridgehead atoms. The number of carbonyl (C=O) groups is 1. The van der Waals surface area contributed by atoms with Gasteiger partial charge in [-0.05, 0) is 37.3 Å². The van der Waals surface area contributed by atoms with Gasteiger partial charge >= 0.3 is 0 Å². The Bertz CT molecular complexity index is 869. The van der Waals surface area contributed by atoms with Crippen molar-refractivity contribution in [2.75, 3.05) is 18.5 Å². The zero-order chi connectivity index (χ0) is 18.4. The molecule has 0 spiro atoms. The van der Waals surface area contributed by atoms with Crippen LogP contribution in [0.1, 0.15) is 24.2 Å². The smallest absolute Gasteiger partial charge is 0.255 e. The van der Waals surface area contributed by atoms with Crippen LogP contribution in [0.2, 0.25) is 0 Å². The van der Waals surface area contributed by atoms with Crippen LogP contribution in [0.4, 0.5) is 10.1 Å². The Morgan fingerprint density at radius 3 is 2.56 bits per heavy atom. The molecule has 0 saturated heterocycles. The van der Waals surface area contributed by atoms with Crippen molar-refractivity contribution in [3.05, 3.63) is 53.8 Å². The molecule has 134 valence electrons. The number of anilines is 1. The highest BCUT2D eigenvalue weighted by Gasteiger charge is 2.15. The lowest BCUT2D eigenvalue weighted by Gasteiger charge is -2.10. The second kappa shape index (κ2) is 8.09. The maximum Gasteiger partial charge on any atom is 0.255 e. The molecule has 0 radical (unpaired) electrons. The number of amides is 1. The van der Waals surface area contributed by atoms with Gasteiger partial charge < -0.3 is 10.1 Å². The van der Waals surface area contributed by atoms with Crippen molar-refractivity contribution < 1.29 is 22.3 Å². The molecule has 2 N–H and O–H groups in total. The lowest BCUT2D eigenvalue weighted by atomic mass is 10.2. The largest absolute Gasteiger partial charge is 0.491 e. The van der Waals surface area contributed by atoms with Gasteiger partial charge in [0.2, 0.25) is 10.0 Å². The maximum absolute atomic E-state index is 13.8. The highest BCUT2D eigenvalue weighted by Crippen LogP contribution is 2.22. The van der Waals surface area contributed by atoms with Crippen LogP contribution < -0.4 is 14.8 Å². The fraction of sp³-hybridized carbons (Fsp3) is 0.235. The van der Waals surface area contributed by atoms with Gasteiger partial charge in [0.1, 0.15) is 0 Å². The zero-order valence-electron chi connectivity index (χ0n) is 13.9. The summed E-state index contributed by atoms with van der Waals surface area (Å²) in [6.45, 7) is 3.97. The lowest BCUT2D eigenvalue weighted by Crippen LogP contribution is -2.23. The first-order valence-electron chi connectivity index (χ1n) is 7.70. The summed E-state index contributed by atoms with van der Waals surface area (Å²) in [5, 5.41) is 2.53. The Labute approximate surface area is 146 Å². The maximum atomic E-state index is 13.8. The number of ether oxygens (including phenoxy) is 1. The van der Waals surface area contributed by atoms with Crippen LogP contribution in [-0.2, 0) is 10.0 Å². The second-order valence-electron chi connectivity index (χ2n) is 5.06. The van der Waals surface area contributed by atoms with E-state index in [4.69, 9.17) is 4.74 Å². The summed E-state index contributed by atoms with van der Waals surface area (Å²) >= 11 is 0. The van der Waals surface area contributed by atoms with Crippen molar-refractivity contribution in [2.24, 2.45) is 0 Å². The van der Waals surface area contributed by atoms with E-state index in [1.807, 2.05) is 0 Å². The summed E-state index contributed by atoms with van der Waals surface area (Å²) in [7, 11) is -3.66. The van der Waals surface area contributed by atoms with E-state index in [2.05, 4.69) is 10.0 Å². The van der Waals surface area contributed by atoms with E-state index in [0.717, 1.165) is 6.07 Å². The number of nitrogens with one attached hydrogen (secondary N) is 2. The fourth-order valence-electron chi connectivity index (χ4n) is 2.13. The van der Waals surface area contributed by atoms with Crippen molar-refractivity contribution in [1.82, 2.24) is 4.72 Å². The number of rotatable bonds is 7. The first-order chi connectivity index (χ1) is 11.9. The molecule has 25 heavy (non-hydrogen) atoms. The molecule has 0 fully saturated rings. The molecule has 0 aliphatic carbocycles. The Kier molecular flexibility index (Phi) is 6.11. The van der Waals surface area contributed by atoms with E-state index in [0.29, 0.717) is 6.61 Å². The molecule has 2 aromatic carbocycles. The van der Waals surface area contributed by atoms with Crippen molar-refractivity contribution in [3.63, 3.8) is 0 Å². The summed E-state index contributed by atoms with van der Waals surface area (Å²) in [6.07, 6.45) is 0. The third-order valence-electron chi connectivity index (χ3n) is 3.23. The molecule has 1 amide bonds. The van der Waals surface area contributed by atoms with Crippen molar-refractivity contribution in [3.8, 4) is 5.75 Å². The van der Waals surface area contributed by atoms with Gasteiger partial charge in [-0.25, -0.2) is 17.5 Å². The van der Waals surface area contributed by atoms with Crippen molar-refractivity contribution in [1.29, 1.82) is 0 Å². The third kappa shape index (κ3) is 4.77. The number of halogens is 1. The molecule has 0 aliphatic rings. The lowest BCUT2D eigenvalue weighted by molar-refractivity contribution is 0.102. The van der Waals surface area contributed by atoms with E-state index in [1.165, 1.54) is 36.4 Å². The Morgan fingerprint density at radius 2 is 1.92 bits per heavy atom. The van der Waals surface area contributed by atoms with Gasteiger partial charge in [-0.3, -0.25) is 4.79 Å². The normalized spacial score (nSPS) is 11.2. The van der Waals surface area contributed by atoms with Gasteiger partial charge in [-0.2, -0.15) is 0 Å². The topological polar surface area (TPSA) is 84.5 Å². The first kappa shape index (κ1) is 18.9. The summed E-state index contributed by atoms with van der Waals surface area (Å²) in [6, 6.07) is 9.67. The predicted octanol–water partition coefficient (Wildman–Crippen LogP) is 2.77. The number of hydrogen-bond donors (Lipinski definition) is 2. The predicted molar refractivity (Wildman–Crippen MR) is 92.8 cm³/mol. The highest BCUT2D eigenvalue weighted by molar-refractivity contribution is 7.89. The van der Waals surface area contributed by atoms with Crippen LogP contribution in [-0.4, -0.2) is 27.5 Å². The Morgan fingerprint density at radius 1 is 1.16 bits per heavy atom. The summed E-state index contributed by atoms with van der Waals surface area (Å²) in [5.41, 5.74) is 0.388. The molecule has 0 aliphatic heterocycles. The van der Waals surface area contributed by atoms with Gasteiger partial charge in [-0.1, -0.05) is 13.0 Å². The summed E-state index contributed by atoms with van der Waals surface area (Å²) < 4.78 is 45.3. The van der Waals surface area contributed by atoms with E-state index in [9.17, 15) is 17.6 Å². The van der Waals surface area contributed by atoms with Gasteiger partial charge in [0.15, 0.2) is 11.6 Å². The molecule has 0 aromatic heterocycles. The van der Waals surface area contributed by atoms with Gasteiger partial charge in [0.25, 0.3) is 5.91 Å². The summed E-state index contributed by atoms with van der Waals surface area (Å²) in [4.78, 5) is 12.3. The quantitative estimate of drug-likeness (QED) is 0.789. The number of carbonyl (C=O) groups excluding carboxylic acids is 1. The van der Waals surface area contributed by atoms with Gasteiger partial charge in [-0.15, -0.1) is 0 Å². The van der Waals surface area contributed by atoms with Crippen LogP contribution in [0, 0.1) is 5.82 Å². The number of hydrogen-bond acceptors (Lipinski definition) is 4. The average Bonchev–Trinajstić information content (AvgIpc) is 2.57. The minimum absolute atomic E-state index is 0.0140. The van der Waals surface area contributed by atoms with Crippen LogP contribution in [0.5, 0.6) is 5.75 Å². The molecule has 6 nitrogen and oxygen atoms in total. The van der Waals surface area contributed by atoms with Crippen molar-refractivity contribution in [2.45, 2.75) is 18.7 Å². The molecule has 2 aromatic rings. The summed E-state index contributed by atoms with van der Waals surface area (Å²) in [5.74, 6) is -1.04. The molecular formula is C17H19FN2O4S. The number of benzene rings is 2. The van der Waals surface area contributed by atoms with Crippen LogP contribution in [0.3, 0.4) is 0 Å². The minimum atomic E-state index is -3.66. The molecule has 8 heteroatoms. The second-order valence-corrected chi connectivity index (χ2v) is 6.83. The molecule has 0 atom stereocenters. The average molecular weight is 366 g/mol. The Hall–Kier alpha value is -2.45. The number of sulfonamides is 1. The first-order valence-corrected chi connectivity index (χ1v) is 9.19. The van der Waals surface area contributed by atoms with Gasteiger partial charge in [0.05, 0.1) is 11.5 Å². The van der Waals surface area contributed by atoms with Crippen molar-refractivity contribution >= 4 is 21.6 Å². The monoisotopic (exact) mass is 366 g/mol. The third-order valence-corrected chi connectivity index (χ3v) is 4.77. The molecule has 2 rings (SSSR count). The standard InChI is InChI=1S/C17H19FN2O4S/c1-3-19-25(22,23)14-7-5-6-12(10-14)17(21)20-13-8-9-16(24-4-2)15(18)11-13/h5-11,19H,3-4H2,1-2H3,(H,20,21). The SMILES string of the molecule is CCNS(=O)(=O)c1cccc(C(=O)Nc2ccc(OCC)c(F)c2)c1. The van der Waals surface area contributed by atoms with E-state index < -0.39 is 21.7 Å². The highest BCUT2D eigenvalue weighted by atomic mass is 32.2. The molecule has 0 saturated carbocycles. The van der Waals surface area contributed by atoms with Crippen LogP contribution in [0.25, 0.3) is 0 Å². The fourth-order valence-corrected chi connectivity index (χ4v) is 3.22. The zero-order valence-corrected chi connectivity index (χ0v) is 14.7. The van der Waals surface area contributed by atoms with Crippen LogP contribution in [0.15, 0.2) is 47.4 Å². The van der Waals surface area contributed by atoms with Gasteiger partial charge in [0, 0.05) is 23.9 Å².